The highest BCUT2D eigenvalue weighted by Gasteiger charge is 2.28. The van der Waals surface area contributed by atoms with Gasteiger partial charge in [0.05, 0.1) is 19.1 Å². The monoisotopic (exact) mass is 327 g/mol. The van der Waals surface area contributed by atoms with Crippen molar-refractivity contribution in [2.24, 2.45) is 13.0 Å². The lowest BCUT2D eigenvalue weighted by atomic mass is 10.1. The molecular formula is C19H25N3O2. The van der Waals surface area contributed by atoms with Gasteiger partial charge in [0.1, 0.15) is 5.82 Å². The lowest BCUT2D eigenvalue weighted by molar-refractivity contribution is -0.136. The summed E-state index contributed by atoms with van der Waals surface area (Å²) in [6.07, 6.45) is 6.45. The Balaban J connectivity index is 1.62. The van der Waals surface area contributed by atoms with Crippen LogP contribution in [0, 0.1) is 5.92 Å². The molecule has 128 valence electrons. The van der Waals surface area contributed by atoms with Crippen LogP contribution in [0.25, 0.3) is 0 Å². The predicted molar refractivity (Wildman–Crippen MR) is 92.3 cm³/mol. The minimum Gasteiger partial charge on any atom is -0.381 e. The number of nitrogens with zero attached hydrogens (tertiary/aromatic N) is 3. The summed E-state index contributed by atoms with van der Waals surface area (Å²) in [5.74, 6) is 1.12. The molecule has 5 nitrogen and oxygen atoms in total. The molecule has 1 aromatic heterocycles. The van der Waals surface area contributed by atoms with E-state index < -0.39 is 0 Å². The quantitative estimate of drug-likeness (QED) is 0.785. The second-order valence-electron chi connectivity index (χ2n) is 6.36. The zero-order chi connectivity index (χ0) is 16.8. The maximum absolute atomic E-state index is 12.8. The van der Waals surface area contributed by atoms with E-state index in [0.29, 0.717) is 19.8 Å². The number of ether oxygens (including phenoxy) is 1. The highest BCUT2D eigenvalue weighted by atomic mass is 16.5. The number of imidazole rings is 1. The smallest absolute Gasteiger partial charge is 0.228 e. The summed E-state index contributed by atoms with van der Waals surface area (Å²) < 4.78 is 7.37. The van der Waals surface area contributed by atoms with Crippen molar-refractivity contribution in [3.63, 3.8) is 0 Å². The van der Waals surface area contributed by atoms with Gasteiger partial charge in [-0.2, -0.15) is 0 Å². The predicted octanol–water partition coefficient (Wildman–Crippen LogP) is 2.42. The molecule has 2 aromatic rings. The Morgan fingerprint density at radius 3 is 2.88 bits per heavy atom. The highest BCUT2D eigenvalue weighted by molar-refractivity contribution is 5.79. The van der Waals surface area contributed by atoms with E-state index in [4.69, 9.17) is 4.74 Å². The summed E-state index contributed by atoms with van der Waals surface area (Å²) in [4.78, 5) is 19.2. The van der Waals surface area contributed by atoms with Gasteiger partial charge in [0.15, 0.2) is 0 Å². The molecule has 24 heavy (non-hydrogen) atoms. The number of aromatic nitrogens is 2. The first-order chi connectivity index (χ1) is 11.7. The molecule has 1 saturated heterocycles. The van der Waals surface area contributed by atoms with Gasteiger partial charge < -0.3 is 14.2 Å². The summed E-state index contributed by atoms with van der Waals surface area (Å²) in [6.45, 7) is 2.55. The minimum atomic E-state index is 0.00185. The molecule has 0 saturated carbocycles. The number of hydrogen-bond donors (Lipinski definition) is 0. The van der Waals surface area contributed by atoms with Crippen LogP contribution in [0.2, 0.25) is 0 Å². The third kappa shape index (κ3) is 4.23. The van der Waals surface area contributed by atoms with E-state index in [1.165, 1.54) is 5.56 Å². The fourth-order valence-electron chi connectivity index (χ4n) is 3.09. The van der Waals surface area contributed by atoms with Gasteiger partial charge in [-0.3, -0.25) is 4.79 Å². The first kappa shape index (κ1) is 16.7. The molecule has 1 aliphatic heterocycles. The summed E-state index contributed by atoms with van der Waals surface area (Å²) in [5.41, 5.74) is 1.31. The van der Waals surface area contributed by atoms with Crippen LogP contribution in [0.15, 0.2) is 42.7 Å². The van der Waals surface area contributed by atoms with E-state index in [1.807, 2.05) is 28.8 Å². The molecule has 5 heteroatoms. The van der Waals surface area contributed by atoms with Gasteiger partial charge in [0, 0.05) is 32.6 Å². The Kier molecular flexibility index (Phi) is 5.64. The van der Waals surface area contributed by atoms with Gasteiger partial charge in [-0.15, -0.1) is 0 Å². The molecule has 1 aromatic carbocycles. The van der Waals surface area contributed by atoms with Crippen LogP contribution >= 0.6 is 0 Å². The molecule has 1 aliphatic rings. The number of aryl methyl sites for hydroxylation is 2. The molecule has 0 radical (unpaired) electrons. The molecule has 0 spiro atoms. The Morgan fingerprint density at radius 2 is 2.21 bits per heavy atom. The normalized spacial score (nSPS) is 17.1. The number of amides is 1. The summed E-state index contributed by atoms with van der Waals surface area (Å²) in [7, 11) is 1.97. The van der Waals surface area contributed by atoms with Crippen molar-refractivity contribution >= 4 is 5.91 Å². The topological polar surface area (TPSA) is 47.4 Å². The fraction of sp³-hybridized carbons (Fsp3) is 0.474. The van der Waals surface area contributed by atoms with Crippen molar-refractivity contribution < 1.29 is 9.53 Å². The molecular weight excluding hydrogens is 302 g/mol. The SMILES string of the molecule is Cn1ccnc1CN(CCCc1ccccc1)C(=O)C1CCOC1. The van der Waals surface area contributed by atoms with Crippen molar-refractivity contribution in [1.82, 2.24) is 14.5 Å². The van der Waals surface area contributed by atoms with Gasteiger partial charge in [0.25, 0.3) is 0 Å². The number of benzene rings is 1. The van der Waals surface area contributed by atoms with Gasteiger partial charge in [0.2, 0.25) is 5.91 Å². The summed E-state index contributed by atoms with van der Waals surface area (Å²) in [6, 6.07) is 10.4. The molecule has 0 aliphatic carbocycles. The van der Waals surface area contributed by atoms with E-state index in [9.17, 15) is 4.79 Å². The Morgan fingerprint density at radius 1 is 1.38 bits per heavy atom. The van der Waals surface area contributed by atoms with E-state index in [1.54, 1.807) is 6.20 Å². The molecule has 0 N–H and O–H groups in total. The second-order valence-corrected chi connectivity index (χ2v) is 6.36. The van der Waals surface area contributed by atoms with Crippen molar-refractivity contribution in [3.8, 4) is 0 Å². The van der Waals surface area contributed by atoms with Gasteiger partial charge >= 0.3 is 0 Å². The standard InChI is InChI=1S/C19H25N3O2/c1-21-12-10-20-18(21)14-22(19(23)17-9-13-24-15-17)11-5-8-16-6-3-2-4-7-16/h2-4,6-7,10,12,17H,5,8-9,11,13-15H2,1H3. The van der Waals surface area contributed by atoms with E-state index in [-0.39, 0.29) is 11.8 Å². The number of rotatable bonds is 7. The average Bonchev–Trinajstić information content (AvgIpc) is 3.27. The molecule has 1 unspecified atom stereocenters. The van der Waals surface area contributed by atoms with Crippen LogP contribution in [0.4, 0.5) is 0 Å². The third-order valence-electron chi connectivity index (χ3n) is 4.58. The molecule has 0 bridgehead atoms. The summed E-state index contributed by atoms with van der Waals surface area (Å²) in [5, 5.41) is 0. The van der Waals surface area contributed by atoms with Crippen LogP contribution in [-0.4, -0.2) is 40.1 Å². The highest BCUT2D eigenvalue weighted by Crippen LogP contribution is 2.18. The van der Waals surface area contributed by atoms with E-state index in [0.717, 1.165) is 31.6 Å². The Hall–Kier alpha value is -2.14. The van der Waals surface area contributed by atoms with Gasteiger partial charge in [-0.1, -0.05) is 30.3 Å². The number of carbonyl (C=O) groups excluding carboxylic acids is 1. The zero-order valence-electron chi connectivity index (χ0n) is 14.2. The van der Waals surface area contributed by atoms with Crippen molar-refractivity contribution in [2.75, 3.05) is 19.8 Å². The molecule has 1 amide bonds. The lowest BCUT2D eigenvalue weighted by Gasteiger charge is -2.25. The molecule has 1 atom stereocenters. The molecule has 3 rings (SSSR count). The minimum absolute atomic E-state index is 0.00185. The largest absolute Gasteiger partial charge is 0.381 e. The van der Waals surface area contributed by atoms with E-state index >= 15 is 0 Å². The lowest BCUT2D eigenvalue weighted by Crippen LogP contribution is -2.37. The maximum atomic E-state index is 12.8. The number of carbonyl (C=O) groups is 1. The average molecular weight is 327 g/mol. The molecule has 1 fully saturated rings. The van der Waals surface area contributed by atoms with E-state index in [2.05, 4.69) is 29.2 Å². The first-order valence-electron chi connectivity index (χ1n) is 8.60. The molecule has 2 heterocycles. The van der Waals surface area contributed by atoms with Crippen LogP contribution < -0.4 is 0 Å². The number of hydrogen-bond acceptors (Lipinski definition) is 3. The van der Waals surface area contributed by atoms with Gasteiger partial charge in [-0.25, -0.2) is 4.98 Å². The first-order valence-corrected chi connectivity index (χ1v) is 8.60. The van der Waals surface area contributed by atoms with Gasteiger partial charge in [-0.05, 0) is 24.8 Å². The van der Waals surface area contributed by atoms with Crippen LogP contribution in [0.5, 0.6) is 0 Å². The zero-order valence-corrected chi connectivity index (χ0v) is 14.2. The Labute approximate surface area is 143 Å². The second kappa shape index (κ2) is 8.11. The fourth-order valence-corrected chi connectivity index (χ4v) is 3.09. The van der Waals surface area contributed by atoms with Crippen molar-refractivity contribution in [2.45, 2.75) is 25.8 Å². The Bertz CT molecular complexity index is 648. The summed E-state index contributed by atoms with van der Waals surface area (Å²) >= 11 is 0. The maximum Gasteiger partial charge on any atom is 0.228 e. The van der Waals surface area contributed by atoms with Crippen molar-refractivity contribution in [1.29, 1.82) is 0 Å². The van der Waals surface area contributed by atoms with Crippen molar-refractivity contribution in [3.05, 3.63) is 54.1 Å². The van der Waals surface area contributed by atoms with Crippen LogP contribution in [0.1, 0.15) is 24.2 Å². The van der Waals surface area contributed by atoms with Crippen LogP contribution in [-0.2, 0) is 29.5 Å². The third-order valence-corrected chi connectivity index (χ3v) is 4.58. The van der Waals surface area contributed by atoms with Crippen LogP contribution in [0.3, 0.4) is 0 Å².